The molecule has 216 valence electrons. The summed E-state index contributed by atoms with van der Waals surface area (Å²) in [5.74, 6) is 0.882. The van der Waals surface area contributed by atoms with Crippen molar-refractivity contribution in [2.45, 2.75) is 26.8 Å². The lowest BCUT2D eigenvalue weighted by Gasteiger charge is -2.26. The van der Waals surface area contributed by atoms with Gasteiger partial charge in [-0.15, -0.1) is 0 Å². The zero-order valence-electron chi connectivity index (χ0n) is 23.2. The molecule has 0 N–H and O–H groups in total. The summed E-state index contributed by atoms with van der Waals surface area (Å²) < 4.78 is 21.0. The van der Waals surface area contributed by atoms with Gasteiger partial charge in [-0.25, -0.2) is 9.79 Å². The molecule has 1 aliphatic heterocycles. The number of halogens is 2. The number of fused-ring (bicyclic) bond motifs is 1. The first kappa shape index (κ1) is 30.2. The van der Waals surface area contributed by atoms with Crippen LogP contribution in [-0.4, -0.2) is 30.4 Å². The maximum absolute atomic E-state index is 14.2. The van der Waals surface area contributed by atoms with Crippen LogP contribution >= 0.6 is 49.9 Å². The molecular formula is C32H28BrIN2O5S. The number of carbonyl (C=O) groups excluding carboxylic acids is 1. The Balaban J connectivity index is 1.81. The molecule has 0 bridgehead atoms. The van der Waals surface area contributed by atoms with E-state index in [1.807, 2.05) is 86.7 Å². The Bertz CT molecular complexity index is 1830. The molecule has 4 aromatic rings. The van der Waals surface area contributed by atoms with Crippen LogP contribution in [0.4, 0.5) is 0 Å². The van der Waals surface area contributed by atoms with E-state index in [0.717, 1.165) is 24.7 Å². The van der Waals surface area contributed by atoms with Crippen molar-refractivity contribution in [2.75, 3.05) is 19.8 Å². The Morgan fingerprint density at radius 2 is 1.74 bits per heavy atom. The van der Waals surface area contributed by atoms with Crippen molar-refractivity contribution in [2.24, 2.45) is 4.99 Å². The molecule has 0 aliphatic carbocycles. The van der Waals surface area contributed by atoms with E-state index >= 15 is 0 Å². The number of ether oxygens (including phenoxy) is 3. The smallest absolute Gasteiger partial charge is 0.338 e. The Morgan fingerprint density at radius 1 is 1.02 bits per heavy atom. The number of esters is 1. The molecule has 2 heterocycles. The van der Waals surface area contributed by atoms with Crippen LogP contribution < -0.4 is 24.4 Å². The van der Waals surface area contributed by atoms with E-state index in [-0.39, 0.29) is 12.2 Å². The van der Waals surface area contributed by atoms with Gasteiger partial charge in [-0.3, -0.25) is 9.36 Å². The normalized spacial score (nSPS) is 14.8. The number of hydrogen-bond acceptors (Lipinski definition) is 7. The van der Waals surface area contributed by atoms with Gasteiger partial charge in [0.15, 0.2) is 4.80 Å². The summed E-state index contributed by atoms with van der Waals surface area (Å²) in [6.07, 6.45) is 1.83. The molecule has 1 aromatic heterocycles. The molecule has 0 saturated carbocycles. The molecule has 0 amide bonds. The van der Waals surface area contributed by atoms with Gasteiger partial charge in [0.2, 0.25) is 0 Å². The number of rotatable bonds is 9. The molecule has 10 heteroatoms. The van der Waals surface area contributed by atoms with Gasteiger partial charge < -0.3 is 14.2 Å². The number of hydrogen-bond donors (Lipinski definition) is 0. The minimum atomic E-state index is -0.762. The van der Waals surface area contributed by atoms with E-state index in [2.05, 4.69) is 38.5 Å². The Labute approximate surface area is 269 Å². The molecule has 1 aliphatic rings. The van der Waals surface area contributed by atoms with Crippen molar-refractivity contribution >= 4 is 67.6 Å². The van der Waals surface area contributed by atoms with Gasteiger partial charge in [0.25, 0.3) is 5.56 Å². The maximum atomic E-state index is 14.2. The van der Waals surface area contributed by atoms with Crippen LogP contribution in [0.1, 0.15) is 43.5 Å². The fourth-order valence-electron chi connectivity index (χ4n) is 4.79. The second-order valence-electron chi connectivity index (χ2n) is 9.17. The van der Waals surface area contributed by atoms with E-state index < -0.39 is 12.0 Å². The summed E-state index contributed by atoms with van der Waals surface area (Å²) in [6.45, 7) is 6.81. The average molecular weight is 759 g/mol. The van der Waals surface area contributed by atoms with E-state index in [1.54, 1.807) is 11.5 Å². The summed E-state index contributed by atoms with van der Waals surface area (Å²) in [7, 11) is 0. The minimum absolute atomic E-state index is 0.187. The van der Waals surface area contributed by atoms with E-state index in [9.17, 15) is 9.59 Å². The average Bonchev–Trinajstić information content (AvgIpc) is 3.29. The summed E-state index contributed by atoms with van der Waals surface area (Å²) in [6, 6.07) is 20.1. The summed E-state index contributed by atoms with van der Waals surface area (Å²) in [5, 5.41) is 0. The zero-order valence-corrected chi connectivity index (χ0v) is 27.8. The quantitative estimate of drug-likeness (QED) is 0.152. The molecule has 0 radical (unpaired) electrons. The van der Waals surface area contributed by atoms with Gasteiger partial charge >= 0.3 is 5.97 Å². The number of aromatic nitrogens is 1. The van der Waals surface area contributed by atoms with Crippen molar-refractivity contribution < 1.29 is 19.0 Å². The lowest BCUT2D eigenvalue weighted by Crippen LogP contribution is -2.40. The molecule has 0 unspecified atom stereocenters. The van der Waals surface area contributed by atoms with Gasteiger partial charge in [-0.1, -0.05) is 69.7 Å². The number of nitrogens with zero attached hydrogens (tertiary/aromatic N) is 2. The van der Waals surface area contributed by atoms with Crippen LogP contribution in [-0.2, 0) is 9.53 Å². The van der Waals surface area contributed by atoms with Crippen molar-refractivity contribution in [3.05, 3.63) is 117 Å². The van der Waals surface area contributed by atoms with Crippen LogP contribution in [0.15, 0.2) is 86.6 Å². The summed E-state index contributed by atoms with van der Waals surface area (Å²) in [5.41, 5.74) is 2.79. The lowest BCUT2D eigenvalue weighted by molar-refractivity contribution is -0.138. The number of carbonyl (C=O) groups is 1. The molecular weight excluding hydrogens is 731 g/mol. The standard InChI is InChI=1S/C32H28BrIN2O5S/c1-4-39-23-14-12-20(13-15-23)28-26(31(38)41-6-3)27(19-10-8-7-9-11-19)35-32-36(28)30(37)25(42-32)17-21-16-22(33)18-24(34)29(21)40-5-2/h7-18,28H,4-6H2,1-3H3/b25-17-/t28-/m1/s1. The Hall–Kier alpha value is -3.22. The topological polar surface area (TPSA) is 79.1 Å². The van der Waals surface area contributed by atoms with Crippen molar-refractivity contribution in [3.8, 4) is 11.5 Å². The summed E-state index contributed by atoms with van der Waals surface area (Å²) in [4.78, 5) is 33.2. The van der Waals surface area contributed by atoms with Gasteiger partial charge in [-0.2, -0.15) is 0 Å². The third-order valence-electron chi connectivity index (χ3n) is 6.49. The van der Waals surface area contributed by atoms with Gasteiger partial charge in [0.05, 0.1) is 45.2 Å². The lowest BCUT2D eigenvalue weighted by atomic mass is 9.93. The second kappa shape index (κ2) is 13.4. The van der Waals surface area contributed by atoms with Crippen LogP contribution in [0.3, 0.4) is 0 Å². The van der Waals surface area contributed by atoms with E-state index in [0.29, 0.717) is 45.3 Å². The van der Waals surface area contributed by atoms with Gasteiger partial charge in [0, 0.05) is 15.6 Å². The molecule has 0 fully saturated rings. The van der Waals surface area contributed by atoms with Crippen LogP contribution in [0.5, 0.6) is 11.5 Å². The first-order chi connectivity index (χ1) is 20.4. The number of benzene rings is 3. The predicted octanol–water partition coefficient (Wildman–Crippen LogP) is 6.10. The predicted molar refractivity (Wildman–Crippen MR) is 177 cm³/mol. The van der Waals surface area contributed by atoms with Crippen molar-refractivity contribution in [1.29, 1.82) is 0 Å². The highest BCUT2D eigenvalue weighted by atomic mass is 127. The van der Waals surface area contributed by atoms with Gasteiger partial charge in [-0.05, 0) is 79.3 Å². The highest BCUT2D eigenvalue weighted by molar-refractivity contribution is 14.1. The Morgan fingerprint density at radius 3 is 2.40 bits per heavy atom. The molecule has 42 heavy (non-hydrogen) atoms. The summed E-state index contributed by atoms with van der Waals surface area (Å²) >= 11 is 7.07. The fourth-order valence-corrected chi connectivity index (χ4v) is 7.49. The number of thiazole rings is 1. The first-order valence-corrected chi connectivity index (χ1v) is 16.2. The highest BCUT2D eigenvalue weighted by Crippen LogP contribution is 2.36. The molecule has 3 aromatic carbocycles. The monoisotopic (exact) mass is 758 g/mol. The Kier molecular flexibility index (Phi) is 9.64. The molecule has 7 nitrogen and oxygen atoms in total. The maximum Gasteiger partial charge on any atom is 0.338 e. The third kappa shape index (κ3) is 6.11. The van der Waals surface area contributed by atoms with Crippen molar-refractivity contribution in [1.82, 2.24) is 4.57 Å². The van der Waals surface area contributed by atoms with Crippen LogP contribution in [0.2, 0.25) is 0 Å². The molecule has 0 saturated heterocycles. The van der Waals surface area contributed by atoms with Crippen molar-refractivity contribution in [3.63, 3.8) is 0 Å². The fraction of sp³-hybridized carbons (Fsp3) is 0.219. The third-order valence-corrected chi connectivity index (χ3v) is 8.73. The highest BCUT2D eigenvalue weighted by Gasteiger charge is 2.35. The molecule has 5 rings (SSSR count). The second-order valence-corrected chi connectivity index (χ2v) is 12.3. The van der Waals surface area contributed by atoms with Crippen LogP contribution in [0.25, 0.3) is 11.8 Å². The SMILES string of the molecule is CCOC(=O)C1=C(c2ccccc2)N=c2s/c(=C\c3cc(Br)cc(I)c3OCC)c(=O)n2[C@@H]1c1ccc(OCC)cc1. The minimum Gasteiger partial charge on any atom is -0.494 e. The van der Waals surface area contributed by atoms with Crippen LogP contribution in [0, 0.1) is 3.57 Å². The largest absolute Gasteiger partial charge is 0.494 e. The van der Waals surface area contributed by atoms with E-state index in [4.69, 9.17) is 19.2 Å². The molecule has 1 atom stereocenters. The van der Waals surface area contributed by atoms with E-state index in [1.165, 1.54) is 11.3 Å². The first-order valence-electron chi connectivity index (χ1n) is 13.5. The zero-order chi connectivity index (χ0) is 29.8. The molecule has 0 spiro atoms. The van der Waals surface area contributed by atoms with Gasteiger partial charge in [0.1, 0.15) is 11.5 Å².